The van der Waals surface area contributed by atoms with Gasteiger partial charge in [-0.05, 0) is 45.4 Å². The predicted octanol–water partition coefficient (Wildman–Crippen LogP) is 2.50. The van der Waals surface area contributed by atoms with Crippen molar-refractivity contribution in [2.24, 2.45) is 0 Å². The van der Waals surface area contributed by atoms with Crippen LogP contribution >= 0.6 is 0 Å². The van der Waals surface area contributed by atoms with Crippen molar-refractivity contribution in [3.8, 4) is 0 Å². The lowest BCUT2D eigenvalue weighted by atomic mass is 9.86. The molecule has 0 saturated heterocycles. The maximum atomic E-state index is 12.4. The van der Waals surface area contributed by atoms with Crippen molar-refractivity contribution in [1.82, 2.24) is 0 Å². The third-order valence-electron chi connectivity index (χ3n) is 2.88. The quantitative estimate of drug-likeness (QED) is 0.572. The minimum Gasteiger partial charge on any atom is -0.467 e. The second-order valence-corrected chi connectivity index (χ2v) is 16.1. The number of esters is 1. The molecule has 7 heteroatoms. The topological polar surface area (TPSA) is 61.8 Å². The molecule has 21 heavy (non-hydrogen) atoms. The van der Waals surface area contributed by atoms with Crippen molar-refractivity contribution in [2.75, 3.05) is 7.11 Å². The predicted molar refractivity (Wildman–Crippen MR) is 86.2 cm³/mol. The number of hydrogen-bond donors (Lipinski definition) is 0. The molecule has 0 bridgehead atoms. The summed E-state index contributed by atoms with van der Waals surface area (Å²) in [5, 5.41) is 0. The van der Waals surface area contributed by atoms with E-state index in [1.165, 1.54) is 13.2 Å². The molecule has 0 amide bonds. The summed E-state index contributed by atoms with van der Waals surface area (Å²) >= 11 is 0. The Morgan fingerprint density at radius 2 is 1.76 bits per heavy atom. The fraction of sp³-hybridized carbons (Fsp3) is 0.714. The molecule has 2 atom stereocenters. The molecule has 0 fully saturated rings. The number of ketones is 1. The SMILES string of the molecule is COC(=O)[C@]1(O[Si](C)(C)C)CC=CC(=O)[C@H]1O[Si](C)(C)C. The van der Waals surface area contributed by atoms with E-state index < -0.39 is 34.3 Å². The average molecular weight is 331 g/mol. The Morgan fingerprint density at radius 3 is 2.19 bits per heavy atom. The number of carbonyl (C=O) groups is 2. The van der Waals surface area contributed by atoms with Crippen molar-refractivity contribution in [2.45, 2.75) is 57.4 Å². The number of carbonyl (C=O) groups excluding carboxylic acids is 2. The first kappa shape index (κ1) is 18.3. The van der Waals surface area contributed by atoms with Crippen LogP contribution in [0.2, 0.25) is 39.3 Å². The lowest BCUT2D eigenvalue weighted by Gasteiger charge is -2.43. The van der Waals surface area contributed by atoms with Crippen LogP contribution in [-0.4, -0.2) is 47.2 Å². The normalized spacial score (nSPS) is 26.8. The first-order valence-electron chi connectivity index (χ1n) is 7.08. The Kier molecular flexibility index (Phi) is 5.36. The van der Waals surface area contributed by atoms with Crippen molar-refractivity contribution >= 4 is 28.4 Å². The molecule has 1 aliphatic rings. The summed E-state index contributed by atoms with van der Waals surface area (Å²) in [6, 6.07) is 0. The van der Waals surface area contributed by atoms with Gasteiger partial charge in [-0.2, -0.15) is 0 Å². The van der Waals surface area contributed by atoms with Crippen LogP contribution in [0.5, 0.6) is 0 Å². The smallest absolute Gasteiger partial charge is 0.340 e. The summed E-state index contributed by atoms with van der Waals surface area (Å²) in [4.78, 5) is 24.8. The van der Waals surface area contributed by atoms with E-state index in [1.807, 2.05) is 39.3 Å². The number of methoxy groups -OCH3 is 1. The minimum atomic E-state index is -2.09. The van der Waals surface area contributed by atoms with Gasteiger partial charge in [-0.15, -0.1) is 0 Å². The zero-order valence-corrected chi connectivity index (χ0v) is 16.0. The van der Waals surface area contributed by atoms with Crippen LogP contribution in [0.3, 0.4) is 0 Å². The van der Waals surface area contributed by atoms with Crippen molar-refractivity contribution in [3.63, 3.8) is 0 Å². The van der Waals surface area contributed by atoms with Crippen LogP contribution in [-0.2, 0) is 23.2 Å². The Bertz CT molecular complexity index is 447. The molecular formula is C14H26O5Si2. The monoisotopic (exact) mass is 330 g/mol. The van der Waals surface area contributed by atoms with E-state index in [4.69, 9.17) is 13.6 Å². The second kappa shape index (κ2) is 6.15. The molecule has 1 rings (SSSR count). The first-order valence-corrected chi connectivity index (χ1v) is 13.9. The van der Waals surface area contributed by atoms with Gasteiger partial charge in [-0.1, -0.05) is 6.08 Å². The Balaban J connectivity index is 3.31. The van der Waals surface area contributed by atoms with Gasteiger partial charge in [0.2, 0.25) is 0 Å². The van der Waals surface area contributed by atoms with E-state index in [9.17, 15) is 9.59 Å². The van der Waals surface area contributed by atoms with Crippen molar-refractivity contribution < 1.29 is 23.2 Å². The standard InChI is InChI=1S/C14H26O5Si2/c1-17-13(16)14(19-21(5,6)7)10-8-9-11(15)12(14)18-20(2,3)4/h8-9,12H,10H2,1-7H3/t12-,14+/m1/s1. The summed E-state index contributed by atoms with van der Waals surface area (Å²) in [5.41, 5.74) is -1.36. The lowest BCUT2D eigenvalue weighted by molar-refractivity contribution is -0.173. The summed E-state index contributed by atoms with van der Waals surface area (Å²) in [5.74, 6) is -0.766. The zero-order valence-electron chi connectivity index (χ0n) is 14.0. The van der Waals surface area contributed by atoms with Crippen molar-refractivity contribution in [1.29, 1.82) is 0 Å². The highest BCUT2D eigenvalue weighted by Gasteiger charge is 2.55. The number of ether oxygens (including phenoxy) is 1. The van der Waals surface area contributed by atoms with Gasteiger partial charge < -0.3 is 13.6 Å². The minimum absolute atomic E-state index is 0.229. The highest BCUT2D eigenvalue weighted by molar-refractivity contribution is 6.70. The average Bonchev–Trinajstić information content (AvgIpc) is 2.29. The summed E-state index contributed by atoms with van der Waals surface area (Å²) < 4.78 is 17.1. The number of rotatable bonds is 5. The molecule has 0 saturated carbocycles. The van der Waals surface area contributed by atoms with E-state index >= 15 is 0 Å². The first-order chi connectivity index (χ1) is 9.41. The van der Waals surface area contributed by atoms with Gasteiger partial charge in [0.05, 0.1) is 7.11 Å². The molecular weight excluding hydrogens is 304 g/mol. The summed E-state index contributed by atoms with van der Waals surface area (Å²) in [6.07, 6.45) is 2.52. The lowest BCUT2D eigenvalue weighted by Crippen LogP contribution is -2.63. The van der Waals surface area contributed by atoms with Crippen LogP contribution in [0.15, 0.2) is 12.2 Å². The highest BCUT2D eigenvalue weighted by atomic mass is 28.4. The molecule has 0 aromatic carbocycles. The van der Waals surface area contributed by atoms with E-state index in [0.717, 1.165) is 0 Å². The third kappa shape index (κ3) is 4.60. The molecule has 0 heterocycles. The van der Waals surface area contributed by atoms with Crippen LogP contribution in [0, 0.1) is 0 Å². The van der Waals surface area contributed by atoms with E-state index in [0.29, 0.717) is 6.42 Å². The van der Waals surface area contributed by atoms with Crippen LogP contribution in [0.4, 0.5) is 0 Å². The molecule has 0 spiro atoms. The maximum Gasteiger partial charge on any atom is 0.340 e. The molecule has 0 unspecified atom stereocenters. The fourth-order valence-electron chi connectivity index (χ4n) is 2.33. The molecule has 0 aliphatic heterocycles. The van der Waals surface area contributed by atoms with Gasteiger partial charge in [0.15, 0.2) is 28.0 Å². The van der Waals surface area contributed by atoms with Crippen LogP contribution in [0.1, 0.15) is 6.42 Å². The van der Waals surface area contributed by atoms with E-state index in [-0.39, 0.29) is 5.78 Å². The van der Waals surface area contributed by atoms with Gasteiger partial charge in [-0.25, -0.2) is 4.79 Å². The van der Waals surface area contributed by atoms with Gasteiger partial charge in [0, 0.05) is 6.42 Å². The Labute approximate surface area is 128 Å². The molecule has 1 aliphatic carbocycles. The fourth-order valence-corrected chi connectivity index (χ4v) is 4.71. The molecule has 0 radical (unpaired) electrons. The van der Waals surface area contributed by atoms with Gasteiger partial charge in [0.25, 0.3) is 0 Å². The van der Waals surface area contributed by atoms with Gasteiger partial charge in [0.1, 0.15) is 6.10 Å². The molecule has 0 aromatic heterocycles. The molecule has 5 nitrogen and oxygen atoms in total. The molecule has 120 valence electrons. The third-order valence-corrected chi connectivity index (χ3v) is 4.80. The molecule has 0 N–H and O–H groups in total. The highest BCUT2D eigenvalue weighted by Crippen LogP contribution is 2.34. The van der Waals surface area contributed by atoms with Gasteiger partial charge in [-0.3, -0.25) is 4.79 Å². The summed E-state index contributed by atoms with van der Waals surface area (Å²) in [6.45, 7) is 11.9. The largest absolute Gasteiger partial charge is 0.467 e. The number of hydrogen-bond acceptors (Lipinski definition) is 5. The Hall–Kier alpha value is -0.766. The Morgan fingerprint density at radius 1 is 1.19 bits per heavy atom. The maximum absolute atomic E-state index is 12.4. The zero-order chi connectivity index (χ0) is 16.5. The van der Waals surface area contributed by atoms with Crippen LogP contribution in [0.25, 0.3) is 0 Å². The van der Waals surface area contributed by atoms with Gasteiger partial charge >= 0.3 is 5.97 Å². The second-order valence-electron chi connectivity index (χ2n) is 7.21. The molecule has 0 aromatic rings. The van der Waals surface area contributed by atoms with E-state index in [2.05, 4.69) is 0 Å². The summed E-state index contributed by atoms with van der Waals surface area (Å²) in [7, 11) is -2.82. The van der Waals surface area contributed by atoms with E-state index in [1.54, 1.807) is 6.08 Å². The van der Waals surface area contributed by atoms with Crippen LogP contribution < -0.4 is 0 Å². The van der Waals surface area contributed by atoms with Crippen molar-refractivity contribution in [3.05, 3.63) is 12.2 Å².